The molecule has 0 fully saturated rings. The number of nitro benzene ring substituents is 1. The molecule has 0 radical (unpaired) electrons. The van der Waals surface area contributed by atoms with Crippen LogP contribution in [0.5, 0.6) is 11.5 Å². The third-order valence-electron chi connectivity index (χ3n) is 2.50. The maximum Gasteiger partial charge on any atom is 0.336 e. The molecule has 2 aromatic rings. The van der Waals surface area contributed by atoms with Crippen LogP contribution in [0, 0.1) is 10.1 Å². The molecule has 0 aliphatic heterocycles. The van der Waals surface area contributed by atoms with Crippen molar-refractivity contribution in [1.29, 1.82) is 0 Å². The number of anilines is 1. The molecule has 0 unspecified atom stereocenters. The molecule has 0 saturated carbocycles. The number of hydrogen-bond donors (Lipinski definition) is 2. The van der Waals surface area contributed by atoms with Crippen molar-refractivity contribution in [2.24, 2.45) is 0 Å². The molecule has 0 aliphatic rings. The first-order valence-electron chi connectivity index (χ1n) is 5.53. The van der Waals surface area contributed by atoms with E-state index in [-0.39, 0.29) is 17.0 Å². The average molecular weight is 274 g/mol. The molecule has 2 rings (SSSR count). The Balaban J connectivity index is 2.51. The van der Waals surface area contributed by atoms with Crippen LogP contribution in [0.15, 0.2) is 42.5 Å². The SMILES string of the molecule is Nc1cc(C(=O)O)cc([N+](=O)[O-])c1Oc1ccccc1. The first kappa shape index (κ1) is 13.3. The number of benzene rings is 2. The highest BCUT2D eigenvalue weighted by Crippen LogP contribution is 2.37. The Kier molecular flexibility index (Phi) is 3.52. The zero-order chi connectivity index (χ0) is 14.7. The van der Waals surface area contributed by atoms with Crippen molar-refractivity contribution in [3.05, 3.63) is 58.1 Å². The molecule has 0 atom stereocenters. The Morgan fingerprint density at radius 2 is 1.90 bits per heavy atom. The summed E-state index contributed by atoms with van der Waals surface area (Å²) in [7, 11) is 0. The highest BCUT2D eigenvalue weighted by atomic mass is 16.6. The summed E-state index contributed by atoms with van der Waals surface area (Å²) in [6.45, 7) is 0. The maximum absolute atomic E-state index is 11.0. The van der Waals surface area contributed by atoms with E-state index in [2.05, 4.69) is 0 Å². The molecule has 0 aromatic heterocycles. The number of carboxylic acid groups (broad SMARTS) is 1. The van der Waals surface area contributed by atoms with Gasteiger partial charge in [-0.3, -0.25) is 10.1 Å². The fraction of sp³-hybridized carbons (Fsp3) is 0. The molecular formula is C13H10N2O5. The smallest absolute Gasteiger partial charge is 0.336 e. The van der Waals surface area contributed by atoms with Crippen LogP contribution in [0.3, 0.4) is 0 Å². The summed E-state index contributed by atoms with van der Waals surface area (Å²) in [6.07, 6.45) is 0. The molecular weight excluding hydrogens is 264 g/mol. The summed E-state index contributed by atoms with van der Waals surface area (Å²) in [4.78, 5) is 21.2. The lowest BCUT2D eigenvalue weighted by Gasteiger charge is -2.09. The zero-order valence-electron chi connectivity index (χ0n) is 10.1. The summed E-state index contributed by atoms with van der Waals surface area (Å²) >= 11 is 0. The van der Waals surface area contributed by atoms with E-state index in [1.807, 2.05) is 0 Å². The van der Waals surface area contributed by atoms with Crippen molar-refractivity contribution >= 4 is 17.3 Å². The number of carbonyl (C=O) groups is 1. The standard InChI is InChI=1S/C13H10N2O5/c14-10-6-8(13(16)17)7-11(15(18)19)12(10)20-9-4-2-1-3-5-9/h1-7H,14H2,(H,16,17). The number of para-hydroxylation sites is 1. The van der Waals surface area contributed by atoms with Gasteiger partial charge in [-0.1, -0.05) is 18.2 Å². The lowest BCUT2D eigenvalue weighted by molar-refractivity contribution is -0.385. The van der Waals surface area contributed by atoms with Crippen molar-refractivity contribution in [2.45, 2.75) is 0 Å². The number of carboxylic acids is 1. The van der Waals surface area contributed by atoms with Gasteiger partial charge in [-0.2, -0.15) is 0 Å². The molecule has 20 heavy (non-hydrogen) atoms. The van der Waals surface area contributed by atoms with Crippen molar-refractivity contribution < 1.29 is 19.6 Å². The molecule has 0 heterocycles. The van der Waals surface area contributed by atoms with Gasteiger partial charge in [0, 0.05) is 6.07 Å². The number of nitrogen functional groups attached to an aromatic ring is 1. The van der Waals surface area contributed by atoms with E-state index in [0.29, 0.717) is 5.75 Å². The Morgan fingerprint density at radius 3 is 2.45 bits per heavy atom. The van der Waals surface area contributed by atoms with Crippen molar-refractivity contribution in [2.75, 3.05) is 5.73 Å². The first-order valence-corrected chi connectivity index (χ1v) is 5.53. The Labute approximate surface area is 113 Å². The number of nitrogens with two attached hydrogens (primary N) is 1. The number of nitrogens with zero attached hydrogens (tertiary/aromatic N) is 1. The quantitative estimate of drug-likeness (QED) is 0.503. The van der Waals surface area contributed by atoms with Crippen LogP contribution in [-0.2, 0) is 0 Å². The second-order valence-corrected chi connectivity index (χ2v) is 3.89. The highest BCUT2D eigenvalue weighted by molar-refractivity contribution is 5.91. The van der Waals surface area contributed by atoms with Crippen molar-refractivity contribution in [3.8, 4) is 11.5 Å². The summed E-state index contributed by atoms with van der Waals surface area (Å²) in [5.74, 6) is -1.11. The molecule has 102 valence electrons. The number of rotatable bonds is 4. The molecule has 0 spiro atoms. The third kappa shape index (κ3) is 2.66. The number of nitro groups is 1. The predicted octanol–water partition coefficient (Wildman–Crippen LogP) is 2.67. The number of ether oxygens (including phenoxy) is 1. The first-order chi connectivity index (χ1) is 9.49. The maximum atomic E-state index is 11.0. The molecule has 0 saturated heterocycles. The van der Waals surface area contributed by atoms with Crippen LogP contribution in [0.1, 0.15) is 10.4 Å². The van der Waals surface area contributed by atoms with Gasteiger partial charge in [0.05, 0.1) is 16.2 Å². The van der Waals surface area contributed by atoms with Crippen LogP contribution in [0.2, 0.25) is 0 Å². The summed E-state index contributed by atoms with van der Waals surface area (Å²) in [5.41, 5.74) is 4.78. The van der Waals surface area contributed by atoms with Crippen molar-refractivity contribution in [3.63, 3.8) is 0 Å². The highest BCUT2D eigenvalue weighted by Gasteiger charge is 2.22. The van der Waals surface area contributed by atoms with Crippen LogP contribution in [-0.4, -0.2) is 16.0 Å². The minimum Gasteiger partial charge on any atom is -0.478 e. The van der Waals surface area contributed by atoms with Gasteiger partial charge in [0.1, 0.15) is 5.75 Å². The van der Waals surface area contributed by atoms with E-state index < -0.39 is 16.6 Å². The lowest BCUT2D eigenvalue weighted by Crippen LogP contribution is -2.03. The van der Waals surface area contributed by atoms with Gasteiger partial charge in [0.2, 0.25) is 5.75 Å². The molecule has 0 bridgehead atoms. The van der Waals surface area contributed by atoms with Crippen LogP contribution in [0.25, 0.3) is 0 Å². The van der Waals surface area contributed by atoms with Crippen LogP contribution >= 0.6 is 0 Å². The van der Waals surface area contributed by atoms with E-state index in [1.54, 1.807) is 30.3 Å². The lowest BCUT2D eigenvalue weighted by atomic mass is 10.1. The number of hydrogen-bond acceptors (Lipinski definition) is 5. The van der Waals surface area contributed by atoms with Crippen LogP contribution < -0.4 is 10.5 Å². The van der Waals surface area contributed by atoms with Gasteiger partial charge in [-0.05, 0) is 18.2 Å². The van der Waals surface area contributed by atoms with Gasteiger partial charge < -0.3 is 15.6 Å². The number of aromatic carboxylic acids is 1. The molecule has 2 aromatic carbocycles. The zero-order valence-corrected chi connectivity index (χ0v) is 10.1. The fourth-order valence-electron chi connectivity index (χ4n) is 1.61. The van der Waals surface area contributed by atoms with Gasteiger partial charge >= 0.3 is 11.7 Å². The van der Waals surface area contributed by atoms with Crippen molar-refractivity contribution in [1.82, 2.24) is 0 Å². The predicted molar refractivity (Wildman–Crippen MR) is 71.0 cm³/mol. The molecule has 0 aliphatic carbocycles. The molecule has 0 amide bonds. The van der Waals surface area contributed by atoms with E-state index in [0.717, 1.165) is 12.1 Å². The minimum absolute atomic E-state index is 0.111. The van der Waals surface area contributed by atoms with Gasteiger partial charge in [-0.15, -0.1) is 0 Å². The molecule has 3 N–H and O–H groups in total. The summed E-state index contributed by atoms with van der Waals surface area (Å²) in [5, 5.41) is 19.9. The Morgan fingerprint density at radius 1 is 1.25 bits per heavy atom. The van der Waals surface area contributed by atoms with Gasteiger partial charge in [0.15, 0.2) is 0 Å². The average Bonchev–Trinajstić information content (AvgIpc) is 2.41. The molecule has 7 heteroatoms. The van der Waals surface area contributed by atoms with E-state index in [4.69, 9.17) is 15.6 Å². The second kappa shape index (κ2) is 5.27. The van der Waals surface area contributed by atoms with E-state index in [1.165, 1.54) is 0 Å². The Bertz CT molecular complexity index is 670. The molecule has 7 nitrogen and oxygen atoms in total. The second-order valence-electron chi connectivity index (χ2n) is 3.89. The van der Waals surface area contributed by atoms with Gasteiger partial charge in [0.25, 0.3) is 0 Å². The summed E-state index contributed by atoms with van der Waals surface area (Å²) in [6, 6.07) is 10.4. The minimum atomic E-state index is -1.30. The third-order valence-corrected chi connectivity index (χ3v) is 2.50. The monoisotopic (exact) mass is 274 g/mol. The topological polar surface area (TPSA) is 116 Å². The largest absolute Gasteiger partial charge is 0.478 e. The Hall–Kier alpha value is -3.09. The summed E-state index contributed by atoms with van der Waals surface area (Å²) < 4.78 is 5.38. The normalized spacial score (nSPS) is 10.0. The fourth-order valence-corrected chi connectivity index (χ4v) is 1.61. The van der Waals surface area contributed by atoms with E-state index in [9.17, 15) is 14.9 Å². The van der Waals surface area contributed by atoms with Gasteiger partial charge in [-0.25, -0.2) is 4.79 Å². The van der Waals surface area contributed by atoms with E-state index >= 15 is 0 Å². The van der Waals surface area contributed by atoms with Crippen LogP contribution in [0.4, 0.5) is 11.4 Å².